The Hall–Kier alpha value is -2.00. The summed E-state index contributed by atoms with van der Waals surface area (Å²) in [5, 5.41) is 4.13. The Morgan fingerprint density at radius 3 is 2.30 bits per heavy atom. The van der Waals surface area contributed by atoms with Crippen molar-refractivity contribution in [1.29, 1.82) is 0 Å². The normalized spacial score (nSPS) is 10.6. The van der Waals surface area contributed by atoms with E-state index in [-0.39, 0.29) is 0 Å². The largest absolute Gasteiger partial charge is 0.356 e. The predicted octanol–water partition coefficient (Wildman–Crippen LogP) is 4.78. The highest BCUT2D eigenvalue weighted by atomic mass is 32.2. The topological polar surface area (TPSA) is 26.0 Å². The van der Waals surface area contributed by atoms with Gasteiger partial charge in [0.25, 0.3) is 0 Å². The van der Waals surface area contributed by atoms with E-state index < -0.39 is 0 Å². The highest BCUT2D eigenvalue weighted by molar-refractivity contribution is 7.97. The number of rotatable bonds is 5. The van der Waals surface area contributed by atoms with Crippen LogP contribution in [0, 0.1) is 0 Å². The third-order valence-corrected chi connectivity index (χ3v) is 4.02. The second-order valence-electron chi connectivity index (χ2n) is 4.53. The van der Waals surface area contributed by atoms with Crippen LogP contribution in [0.15, 0.2) is 71.3 Å². The van der Waals surface area contributed by atoms with E-state index in [0.717, 1.165) is 28.5 Å². The number of hydrogen-bond donors (Lipinski definition) is 0. The molecule has 1 aromatic heterocycles. The maximum absolute atomic E-state index is 5.39. The van der Waals surface area contributed by atoms with E-state index in [4.69, 9.17) is 4.52 Å². The maximum Gasteiger partial charge on any atom is 0.167 e. The van der Waals surface area contributed by atoms with Gasteiger partial charge < -0.3 is 4.52 Å². The van der Waals surface area contributed by atoms with Gasteiger partial charge in [-0.3, -0.25) is 0 Å². The Labute approximate surface area is 122 Å². The first-order valence-electron chi connectivity index (χ1n) is 6.54. The van der Waals surface area contributed by atoms with Gasteiger partial charge in [0.1, 0.15) is 0 Å². The zero-order valence-electron chi connectivity index (χ0n) is 11.0. The molecule has 0 saturated heterocycles. The zero-order valence-corrected chi connectivity index (χ0v) is 11.8. The third-order valence-electron chi connectivity index (χ3n) is 2.98. The van der Waals surface area contributed by atoms with E-state index in [0.29, 0.717) is 0 Å². The highest BCUT2D eigenvalue weighted by Crippen LogP contribution is 2.23. The summed E-state index contributed by atoms with van der Waals surface area (Å²) in [4.78, 5) is 0. The molecule has 0 saturated carbocycles. The van der Waals surface area contributed by atoms with Crippen molar-refractivity contribution in [2.45, 2.75) is 11.5 Å². The first-order chi connectivity index (χ1) is 9.92. The fourth-order valence-electron chi connectivity index (χ4n) is 1.97. The second-order valence-corrected chi connectivity index (χ2v) is 5.51. The molecule has 0 aliphatic rings. The average molecular weight is 281 g/mol. The minimum Gasteiger partial charge on any atom is -0.356 e. The van der Waals surface area contributed by atoms with Crippen LogP contribution in [0.3, 0.4) is 0 Å². The first kappa shape index (κ1) is 13.0. The molecule has 3 aromatic rings. The molecule has 0 aliphatic heterocycles. The molecule has 0 fully saturated rings. The second kappa shape index (κ2) is 6.44. The molecule has 3 rings (SSSR count). The quantitative estimate of drug-likeness (QED) is 0.673. The Morgan fingerprint density at radius 1 is 0.850 bits per heavy atom. The molecule has 3 heteroatoms. The molecule has 0 bridgehead atoms. The third kappa shape index (κ3) is 3.31. The zero-order chi connectivity index (χ0) is 13.6. The molecule has 0 N–H and O–H groups in total. The monoisotopic (exact) mass is 281 g/mol. The van der Waals surface area contributed by atoms with Gasteiger partial charge in [0.15, 0.2) is 5.76 Å². The maximum atomic E-state index is 5.39. The summed E-state index contributed by atoms with van der Waals surface area (Å²) in [6.45, 7) is 0. The summed E-state index contributed by atoms with van der Waals surface area (Å²) in [5.41, 5.74) is 3.40. The molecule has 0 radical (unpaired) electrons. The number of hydrogen-bond acceptors (Lipinski definition) is 3. The summed E-state index contributed by atoms with van der Waals surface area (Å²) >= 11 is 1.85. The molecular formula is C17H15NOS. The van der Waals surface area contributed by atoms with Gasteiger partial charge in [-0.2, -0.15) is 11.8 Å². The lowest BCUT2D eigenvalue weighted by atomic mass is 10.2. The molecule has 20 heavy (non-hydrogen) atoms. The molecule has 2 aromatic carbocycles. The van der Waals surface area contributed by atoms with Gasteiger partial charge >= 0.3 is 0 Å². The van der Waals surface area contributed by atoms with E-state index >= 15 is 0 Å². The van der Waals surface area contributed by atoms with Crippen molar-refractivity contribution in [2.75, 3.05) is 0 Å². The molecule has 0 unspecified atom stereocenters. The number of benzene rings is 2. The smallest absolute Gasteiger partial charge is 0.167 e. The van der Waals surface area contributed by atoms with Crippen LogP contribution in [0.4, 0.5) is 0 Å². The Balaban J connectivity index is 1.58. The van der Waals surface area contributed by atoms with Crippen LogP contribution in [-0.2, 0) is 11.5 Å². The van der Waals surface area contributed by atoms with Crippen molar-refractivity contribution >= 4 is 11.8 Å². The van der Waals surface area contributed by atoms with E-state index in [9.17, 15) is 0 Å². The van der Waals surface area contributed by atoms with E-state index in [2.05, 4.69) is 29.4 Å². The van der Waals surface area contributed by atoms with E-state index in [1.165, 1.54) is 5.56 Å². The van der Waals surface area contributed by atoms with Crippen molar-refractivity contribution in [3.05, 3.63) is 78.0 Å². The molecule has 2 nitrogen and oxygen atoms in total. The molecule has 100 valence electrons. The summed E-state index contributed by atoms with van der Waals surface area (Å²) in [7, 11) is 0. The van der Waals surface area contributed by atoms with Crippen LogP contribution in [-0.4, -0.2) is 5.16 Å². The Bertz CT molecular complexity index is 649. The van der Waals surface area contributed by atoms with E-state index in [1.807, 2.05) is 54.2 Å². The van der Waals surface area contributed by atoms with E-state index in [1.54, 1.807) is 0 Å². The van der Waals surface area contributed by atoms with Crippen LogP contribution in [0.2, 0.25) is 0 Å². The van der Waals surface area contributed by atoms with Crippen molar-refractivity contribution in [2.24, 2.45) is 0 Å². The van der Waals surface area contributed by atoms with Gasteiger partial charge in [-0.05, 0) is 5.56 Å². The van der Waals surface area contributed by atoms with Crippen molar-refractivity contribution in [3.8, 4) is 11.3 Å². The summed E-state index contributed by atoms with van der Waals surface area (Å²) in [5.74, 6) is 2.69. The molecule has 1 heterocycles. The van der Waals surface area contributed by atoms with Gasteiger partial charge in [-0.15, -0.1) is 0 Å². The number of thioether (sulfide) groups is 1. The molecule has 0 aliphatic carbocycles. The fraction of sp³-hybridized carbons (Fsp3) is 0.118. The van der Waals surface area contributed by atoms with Crippen LogP contribution in [0.1, 0.15) is 11.3 Å². The van der Waals surface area contributed by atoms with Gasteiger partial charge in [-0.25, -0.2) is 0 Å². The van der Waals surface area contributed by atoms with Crippen molar-refractivity contribution in [3.63, 3.8) is 0 Å². The summed E-state index contributed by atoms with van der Waals surface area (Å²) in [6.07, 6.45) is 0. The lowest BCUT2D eigenvalue weighted by Crippen LogP contribution is -1.82. The molecular weight excluding hydrogens is 266 g/mol. The Kier molecular flexibility index (Phi) is 4.19. The van der Waals surface area contributed by atoms with Crippen LogP contribution in [0.25, 0.3) is 11.3 Å². The standard InChI is InChI=1S/C17H15NOS/c1-3-7-14(8-4-1)12-20-13-16-11-17(19-18-16)15-9-5-2-6-10-15/h1-11H,12-13H2. The fourth-order valence-corrected chi connectivity index (χ4v) is 2.84. The van der Waals surface area contributed by atoms with Crippen LogP contribution in [0.5, 0.6) is 0 Å². The molecule has 0 amide bonds. The minimum absolute atomic E-state index is 0.834. The minimum atomic E-state index is 0.834. The van der Waals surface area contributed by atoms with Gasteiger partial charge in [0, 0.05) is 23.1 Å². The van der Waals surface area contributed by atoms with Crippen molar-refractivity contribution < 1.29 is 4.52 Å². The first-order valence-corrected chi connectivity index (χ1v) is 7.70. The lowest BCUT2D eigenvalue weighted by Gasteiger charge is -1.98. The van der Waals surface area contributed by atoms with Crippen LogP contribution >= 0.6 is 11.8 Å². The van der Waals surface area contributed by atoms with Gasteiger partial charge in [0.05, 0.1) is 5.69 Å². The highest BCUT2D eigenvalue weighted by Gasteiger charge is 2.06. The number of aromatic nitrogens is 1. The molecule has 0 spiro atoms. The molecule has 0 atom stereocenters. The lowest BCUT2D eigenvalue weighted by molar-refractivity contribution is 0.426. The number of nitrogens with zero attached hydrogens (tertiary/aromatic N) is 1. The van der Waals surface area contributed by atoms with Crippen LogP contribution < -0.4 is 0 Å². The van der Waals surface area contributed by atoms with Crippen molar-refractivity contribution in [1.82, 2.24) is 5.16 Å². The predicted molar refractivity (Wildman–Crippen MR) is 83.4 cm³/mol. The average Bonchev–Trinajstić information content (AvgIpc) is 2.98. The Morgan fingerprint density at radius 2 is 1.55 bits per heavy atom. The summed E-state index contributed by atoms with van der Waals surface area (Å²) < 4.78 is 5.39. The SMILES string of the molecule is c1ccc(CSCc2cc(-c3ccccc3)on2)cc1. The van der Waals surface area contributed by atoms with Gasteiger partial charge in [0.2, 0.25) is 0 Å². The van der Waals surface area contributed by atoms with Gasteiger partial charge in [-0.1, -0.05) is 65.8 Å². The summed E-state index contributed by atoms with van der Waals surface area (Å²) in [6, 6.07) is 22.5.